The molecule has 1 aromatic rings. The molecule has 0 spiro atoms. The molecular formula is C17H28N2O3S. The first-order valence-corrected chi connectivity index (χ1v) is 9.44. The smallest absolute Gasteiger partial charge is 0.307 e. The second-order valence-corrected chi connectivity index (χ2v) is 7.41. The molecule has 0 bridgehead atoms. The fourth-order valence-electron chi connectivity index (χ4n) is 2.93. The molecule has 5 nitrogen and oxygen atoms in total. The Balaban J connectivity index is 1.57. The molecule has 6 heteroatoms. The van der Waals surface area contributed by atoms with E-state index in [4.69, 9.17) is 4.74 Å². The minimum absolute atomic E-state index is 0.00202. The third-order valence-electron chi connectivity index (χ3n) is 4.49. The van der Waals surface area contributed by atoms with Gasteiger partial charge in [0.05, 0.1) is 6.10 Å². The Bertz CT molecular complexity index is 559. The lowest BCUT2D eigenvalue weighted by Crippen LogP contribution is -2.28. The van der Waals surface area contributed by atoms with Gasteiger partial charge >= 0.3 is 4.87 Å². The van der Waals surface area contributed by atoms with Crippen molar-refractivity contribution in [3.63, 3.8) is 0 Å². The largest absolute Gasteiger partial charge is 0.378 e. The summed E-state index contributed by atoms with van der Waals surface area (Å²) in [5, 5.41) is 2.91. The van der Waals surface area contributed by atoms with E-state index >= 15 is 0 Å². The summed E-state index contributed by atoms with van der Waals surface area (Å²) in [5.74, 6) is -0.00202. The Hall–Kier alpha value is -1.14. The van der Waals surface area contributed by atoms with Gasteiger partial charge in [0, 0.05) is 36.7 Å². The fourth-order valence-corrected chi connectivity index (χ4v) is 3.79. The van der Waals surface area contributed by atoms with E-state index in [1.807, 2.05) is 13.8 Å². The third kappa shape index (κ3) is 5.77. The number of hydrogen-bond acceptors (Lipinski definition) is 4. The van der Waals surface area contributed by atoms with Gasteiger partial charge in [-0.25, -0.2) is 0 Å². The lowest BCUT2D eigenvalue weighted by molar-refractivity contribution is -0.121. The SMILES string of the molecule is Cc1sc(=O)n(CCC(=O)NCCCOC2CCCCC2)c1C. The maximum absolute atomic E-state index is 11.8. The van der Waals surface area contributed by atoms with Crippen LogP contribution in [-0.2, 0) is 16.1 Å². The van der Waals surface area contributed by atoms with Gasteiger partial charge in [-0.05, 0) is 33.1 Å². The van der Waals surface area contributed by atoms with Crippen LogP contribution in [0.25, 0.3) is 0 Å². The summed E-state index contributed by atoms with van der Waals surface area (Å²) in [7, 11) is 0. The van der Waals surface area contributed by atoms with E-state index in [1.54, 1.807) is 4.57 Å². The molecule has 0 atom stereocenters. The van der Waals surface area contributed by atoms with Crippen LogP contribution in [0.4, 0.5) is 0 Å². The highest BCUT2D eigenvalue weighted by Crippen LogP contribution is 2.20. The number of nitrogens with zero attached hydrogens (tertiary/aromatic N) is 1. The lowest BCUT2D eigenvalue weighted by Gasteiger charge is -2.21. The van der Waals surface area contributed by atoms with E-state index < -0.39 is 0 Å². The zero-order chi connectivity index (χ0) is 16.7. The first-order valence-electron chi connectivity index (χ1n) is 8.63. The van der Waals surface area contributed by atoms with Crippen molar-refractivity contribution in [3.8, 4) is 0 Å². The van der Waals surface area contributed by atoms with Crippen LogP contribution in [0.3, 0.4) is 0 Å². The highest BCUT2D eigenvalue weighted by Gasteiger charge is 2.13. The number of nitrogens with one attached hydrogen (secondary N) is 1. The molecular weight excluding hydrogens is 312 g/mol. The molecule has 0 unspecified atom stereocenters. The standard InChI is InChI=1S/C17H28N2O3S/c1-13-14(2)23-17(21)19(13)11-9-16(20)18-10-6-12-22-15-7-4-3-5-8-15/h15H,3-12H2,1-2H3,(H,18,20). The van der Waals surface area contributed by atoms with Crippen LogP contribution < -0.4 is 10.2 Å². The predicted octanol–water partition coefficient (Wildman–Crippen LogP) is 2.77. The highest BCUT2D eigenvalue weighted by atomic mass is 32.1. The molecule has 0 aromatic carbocycles. The van der Waals surface area contributed by atoms with Crippen molar-refractivity contribution in [1.29, 1.82) is 0 Å². The number of thiazole rings is 1. The van der Waals surface area contributed by atoms with Crippen molar-refractivity contribution in [2.75, 3.05) is 13.2 Å². The maximum Gasteiger partial charge on any atom is 0.307 e. The van der Waals surface area contributed by atoms with Crippen LogP contribution in [0.2, 0.25) is 0 Å². The number of hydrogen-bond donors (Lipinski definition) is 1. The molecule has 130 valence electrons. The first-order chi connectivity index (χ1) is 11.1. The van der Waals surface area contributed by atoms with E-state index in [0.717, 1.165) is 17.0 Å². The maximum atomic E-state index is 11.8. The van der Waals surface area contributed by atoms with Crippen molar-refractivity contribution in [1.82, 2.24) is 9.88 Å². The van der Waals surface area contributed by atoms with Crippen molar-refractivity contribution in [2.45, 2.75) is 71.4 Å². The molecule has 1 heterocycles. The quantitative estimate of drug-likeness (QED) is 0.740. The molecule has 1 N–H and O–H groups in total. The average Bonchev–Trinajstić information content (AvgIpc) is 2.79. The molecule has 1 amide bonds. The van der Waals surface area contributed by atoms with Crippen molar-refractivity contribution < 1.29 is 9.53 Å². The molecule has 23 heavy (non-hydrogen) atoms. The summed E-state index contributed by atoms with van der Waals surface area (Å²) in [5.41, 5.74) is 0.966. The van der Waals surface area contributed by atoms with Gasteiger partial charge in [-0.2, -0.15) is 0 Å². The number of rotatable bonds is 8. The second-order valence-electron chi connectivity index (χ2n) is 6.25. The Labute approximate surface area is 142 Å². The fraction of sp³-hybridized carbons (Fsp3) is 0.765. The van der Waals surface area contributed by atoms with Crippen molar-refractivity contribution >= 4 is 17.2 Å². The van der Waals surface area contributed by atoms with Gasteiger partial charge in [0.15, 0.2) is 0 Å². The molecule has 1 saturated carbocycles. The van der Waals surface area contributed by atoms with Gasteiger partial charge in [-0.3, -0.25) is 9.59 Å². The van der Waals surface area contributed by atoms with E-state index in [-0.39, 0.29) is 10.8 Å². The number of aryl methyl sites for hydroxylation is 1. The zero-order valence-corrected chi connectivity index (χ0v) is 15.0. The summed E-state index contributed by atoms with van der Waals surface area (Å²) in [4.78, 5) is 24.6. The van der Waals surface area contributed by atoms with Crippen LogP contribution in [0.15, 0.2) is 4.79 Å². The Kier molecular flexibility index (Phi) is 7.30. The van der Waals surface area contributed by atoms with Gasteiger partial charge in [0.2, 0.25) is 5.91 Å². The van der Waals surface area contributed by atoms with Crippen LogP contribution in [0, 0.1) is 13.8 Å². The van der Waals surface area contributed by atoms with Crippen LogP contribution in [0.1, 0.15) is 55.5 Å². The summed E-state index contributed by atoms with van der Waals surface area (Å²) >= 11 is 1.24. The van der Waals surface area contributed by atoms with E-state index in [2.05, 4.69) is 5.32 Å². The Morgan fingerprint density at radius 2 is 2.04 bits per heavy atom. The van der Waals surface area contributed by atoms with Crippen LogP contribution in [-0.4, -0.2) is 29.7 Å². The monoisotopic (exact) mass is 340 g/mol. The second kappa shape index (κ2) is 9.23. The summed E-state index contributed by atoms with van der Waals surface area (Å²) in [6, 6.07) is 0. The number of aromatic nitrogens is 1. The third-order valence-corrected chi connectivity index (χ3v) is 5.48. The highest BCUT2D eigenvalue weighted by molar-refractivity contribution is 7.09. The van der Waals surface area contributed by atoms with E-state index in [0.29, 0.717) is 32.2 Å². The van der Waals surface area contributed by atoms with Crippen molar-refractivity contribution in [3.05, 3.63) is 20.2 Å². The number of carbonyl (C=O) groups excluding carboxylic acids is 1. The minimum atomic E-state index is -0.00202. The van der Waals surface area contributed by atoms with Crippen LogP contribution in [0.5, 0.6) is 0 Å². The molecule has 0 saturated heterocycles. The van der Waals surface area contributed by atoms with Gasteiger partial charge in [-0.1, -0.05) is 30.6 Å². The average molecular weight is 340 g/mol. The number of amides is 1. The predicted molar refractivity (Wildman–Crippen MR) is 93.1 cm³/mol. The van der Waals surface area contributed by atoms with Gasteiger partial charge in [-0.15, -0.1) is 0 Å². The molecule has 1 aliphatic carbocycles. The normalized spacial score (nSPS) is 15.7. The summed E-state index contributed by atoms with van der Waals surface area (Å²) < 4.78 is 7.52. The van der Waals surface area contributed by atoms with Gasteiger partial charge < -0.3 is 14.6 Å². The molecule has 1 aliphatic rings. The minimum Gasteiger partial charge on any atom is -0.378 e. The molecule has 0 radical (unpaired) electrons. The molecule has 2 rings (SSSR count). The molecule has 1 aromatic heterocycles. The van der Waals surface area contributed by atoms with Gasteiger partial charge in [0.1, 0.15) is 0 Å². The number of carbonyl (C=O) groups is 1. The van der Waals surface area contributed by atoms with Crippen molar-refractivity contribution in [2.24, 2.45) is 0 Å². The van der Waals surface area contributed by atoms with Crippen LogP contribution >= 0.6 is 11.3 Å². The lowest BCUT2D eigenvalue weighted by atomic mass is 9.98. The Morgan fingerprint density at radius 3 is 2.70 bits per heavy atom. The Morgan fingerprint density at radius 1 is 1.30 bits per heavy atom. The molecule has 1 fully saturated rings. The van der Waals surface area contributed by atoms with E-state index in [9.17, 15) is 9.59 Å². The molecule has 0 aliphatic heterocycles. The topological polar surface area (TPSA) is 60.3 Å². The van der Waals surface area contributed by atoms with Gasteiger partial charge in [0.25, 0.3) is 0 Å². The summed E-state index contributed by atoms with van der Waals surface area (Å²) in [6.07, 6.45) is 7.88. The zero-order valence-electron chi connectivity index (χ0n) is 14.2. The first kappa shape index (κ1) is 18.2. The summed E-state index contributed by atoms with van der Waals surface area (Å²) in [6.45, 7) is 5.67. The number of ether oxygens (including phenoxy) is 1. The van der Waals surface area contributed by atoms with E-state index in [1.165, 1.54) is 43.4 Å².